The fourth-order valence-corrected chi connectivity index (χ4v) is 2.59. The molecular formula is C23H18N2O3. The van der Waals surface area contributed by atoms with Crippen LogP contribution in [0.25, 0.3) is 11.1 Å². The van der Waals surface area contributed by atoms with Gasteiger partial charge in [0.25, 0.3) is 5.91 Å². The van der Waals surface area contributed by atoms with E-state index >= 15 is 0 Å². The zero-order chi connectivity index (χ0) is 19.8. The lowest BCUT2D eigenvalue weighted by Crippen LogP contribution is -2.30. The minimum Gasteiger partial charge on any atom is -0.460 e. The standard InChI is InChI=1S/C23H18N2O3/c24-14-17-6-8-18(9-7-17)16-28-22(26)15-25-23(27)21-12-10-20(11-13-21)19-4-2-1-3-5-19/h1-13H,15-16H2,(H,25,27). The molecule has 0 saturated heterocycles. The third-order valence-electron chi connectivity index (χ3n) is 4.13. The lowest BCUT2D eigenvalue weighted by molar-refractivity contribution is -0.143. The van der Waals surface area contributed by atoms with E-state index in [0.29, 0.717) is 11.1 Å². The minimum absolute atomic E-state index is 0.0895. The lowest BCUT2D eigenvalue weighted by Gasteiger charge is -2.08. The molecule has 3 rings (SSSR count). The molecule has 1 amide bonds. The third-order valence-corrected chi connectivity index (χ3v) is 4.13. The van der Waals surface area contributed by atoms with E-state index in [4.69, 9.17) is 10.00 Å². The molecule has 138 valence electrons. The highest BCUT2D eigenvalue weighted by Crippen LogP contribution is 2.19. The van der Waals surface area contributed by atoms with Crippen molar-refractivity contribution < 1.29 is 14.3 Å². The van der Waals surface area contributed by atoms with Crippen molar-refractivity contribution in [2.24, 2.45) is 0 Å². The van der Waals surface area contributed by atoms with Crippen LogP contribution < -0.4 is 5.32 Å². The smallest absolute Gasteiger partial charge is 0.325 e. The summed E-state index contributed by atoms with van der Waals surface area (Å²) in [6.45, 7) is -0.123. The Bertz CT molecular complexity index is 989. The minimum atomic E-state index is -0.529. The van der Waals surface area contributed by atoms with E-state index in [1.807, 2.05) is 48.5 Å². The van der Waals surface area contributed by atoms with E-state index in [-0.39, 0.29) is 19.1 Å². The normalized spacial score (nSPS) is 9.96. The van der Waals surface area contributed by atoms with Gasteiger partial charge in [-0.25, -0.2) is 0 Å². The Hall–Kier alpha value is -3.91. The van der Waals surface area contributed by atoms with Crippen molar-refractivity contribution in [2.75, 3.05) is 6.54 Å². The van der Waals surface area contributed by atoms with Gasteiger partial charge in [-0.3, -0.25) is 9.59 Å². The van der Waals surface area contributed by atoms with Crippen LogP contribution in [-0.2, 0) is 16.1 Å². The molecule has 0 radical (unpaired) electrons. The third kappa shape index (κ3) is 5.05. The van der Waals surface area contributed by atoms with Crippen LogP contribution in [0.4, 0.5) is 0 Å². The van der Waals surface area contributed by atoms with Crippen LogP contribution in [-0.4, -0.2) is 18.4 Å². The molecule has 0 aliphatic rings. The van der Waals surface area contributed by atoms with Crippen LogP contribution in [0, 0.1) is 11.3 Å². The fraction of sp³-hybridized carbons (Fsp3) is 0.0870. The van der Waals surface area contributed by atoms with Gasteiger partial charge in [-0.2, -0.15) is 5.26 Å². The number of amides is 1. The van der Waals surface area contributed by atoms with Crippen molar-refractivity contribution in [3.05, 3.63) is 95.6 Å². The summed E-state index contributed by atoms with van der Waals surface area (Å²) in [7, 11) is 0. The van der Waals surface area contributed by atoms with Gasteiger partial charge in [0.15, 0.2) is 0 Å². The molecule has 3 aromatic carbocycles. The quantitative estimate of drug-likeness (QED) is 0.671. The summed E-state index contributed by atoms with van der Waals surface area (Å²) in [6, 6.07) is 25.8. The number of carbonyl (C=O) groups excluding carboxylic acids is 2. The molecule has 3 aromatic rings. The summed E-state index contributed by atoms with van der Waals surface area (Å²) in [5.41, 5.74) is 3.87. The number of rotatable bonds is 6. The van der Waals surface area contributed by atoms with Gasteiger partial charge in [-0.1, -0.05) is 54.6 Å². The van der Waals surface area contributed by atoms with Crippen molar-refractivity contribution in [1.29, 1.82) is 5.26 Å². The van der Waals surface area contributed by atoms with E-state index in [9.17, 15) is 9.59 Å². The molecule has 5 nitrogen and oxygen atoms in total. The van der Waals surface area contributed by atoms with Gasteiger partial charge in [0.2, 0.25) is 0 Å². The predicted octanol–water partition coefficient (Wildman–Crippen LogP) is 3.70. The van der Waals surface area contributed by atoms with Gasteiger partial charge >= 0.3 is 5.97 Å². The van der Waals surface area contributed by atoms with Gasteiger partial charge in [0, 0.05) is 5.56 Å². The molecule has 0 heterocycles. The lowest BCUT2D eigenvalue weighted by atomic mass is 10.0. The summed E-state index contributed by atoms with van der Waals surface area (Å²) in [5.74, 6) is -0.867. The Kier molecular flexibility index (Phi) is 6.17. The molecule has 0 spiro atoms. The molecule has 0 atom stereocenters. The van der Waals surface area contributed by atoms with Crippen LogP contribution in [0.3, 0.4) is 0 Å². The molecule has 0 saturated carbocycles. The number of benzene rings is 3. The summed E-state index contributed by atoms with van der Waals surface area (Å²) >= 11 is 0. The molecule has 5 heteroatoms. The molecule has 28 heavy (non-hydrogen) atoms. The Morgan fingerprint density at radius 1 is 0.857 bits per heavy atom. The highest BCUT2D eigenvalue weighted by molar-refractivity contribution is 5.96. The van der Waals surface area contributed by atoms with Crippen molar-refractivity contribution in [2.45, 2.75) is 6.61 Å². The molecule has 0 unspecified atom stereocenters. The number of nitrogens with zero attached hydrogens (tertiary/aromatic N) is 1. The van der Waals surface area contributed by atoms with Gasteiger partial charge in [0.1, 0.15) is 13.2 Å². The maximum absolute atomic E-state index is 12.2. The van der Waals surface area contributed by atoms with Crippen LogP contribution in [0.2, 0.25) is 0 Å². The Morgan fingerprint density at radius 2 is 1.50 bits per heavy atom. The summed E-state index contributed by atoms with van der Waals surface area (Å²) in [4.78, 5) is 24.0. The average molecular weight is 370 g/mol. The summed E-state index contributed by atoms with van der Waals surface area (Å²) in [5, 5.41) is 11.3. The number of carbonyl (C=O) groups is 2. The molecule has 0 fully saturated rings. The molecule has 0 bridgehead atoms. The first-order valence-electron chi connectivity index (χ1n) is 8.74. The fourth-order valence-electron chi connectivity index (χ4n) is 2.59. The molecular weight excluding hydrogens is 352 g/mol. The summed E-state index contributed by atoms with van der Waals surface area (Å²) in [6.07, 6.45) is 0. The number of ether oxygens (including phenoxy) is 1. The second-order valence-corrected chi connectivity index (χ2v) is 6.10. The first kappa shape index (κ1) is 18.9. The van der Waals surface area contributed by atoms with Crippen LogP contribution in [0.15, 0.2) is 78.9 Å². The van der Waals surface area contributed by atoms with E-state index in [1.165, 1.54) is 0 Å². The van der Waals surface area contributed by atoms with Crippen LogP contribution >= 0.6 is 0 Å². The highest BCUT2D eigenvalue weighted by Gasteiger charge is 2.09. The van der Waals surface area contributed by atoms with Crippen LogP contribution in [0.1, 0.15) is 21.5 Å². The number of hydrogen-bond donors (Lipinski definition) is 1. The van der Waals surface area contributed by atoms with Crippen molar-refractivity contribution in [3.8, 4) is 17.2 Å². The van der Waals surface area contributed by atoms with E-state index in [0.717, 1.165) is 16.7 Å². The molecule has 0 aliphatic carbocycles. The van der Waals surface area contributed by atoms with Crippen molar-refractivity contribution >= 4 is 11.9 Å². The number of nitrogens with one attached hydrogen (secondary N) is 1. The van der Waals surface area contributed by atoms with Gasteiger partial charge < -0.3 is 10.1 Å². The van der Waals surface area contributed by atoms with Gasteiger partial charge in [-0.05, 0) is 41.0 Å². The van der Waals surface area contributed by atoms with Crippen molar-refractivity contribution in [1.82, 2.24) is 5.32 Å². The number of nitriles is 1. The second-order valence-electron chi connectivity index (χ2n) is 6.10. The SMILES string of the molecule is N#Cc1ccc(COC(=O)CNC(=O)c2ccc(-c3ccccc3)cc2)cc1. The molecule has 0 aromatic heterocycles. The monoisotopic (exact) mass is 370 g/mol. The predicted molar refractivity (Wildman–Crippen MR) is 105 cm³/mol. The Labute approximate surface area is 163 Å². The Balaban J connectivity index is 1.48. The first-order valence-corrected chi connectivity index (χ1v) is 8.74. The number of hydrogen-bond acceptors (Lipinski definition) is 4. The van der Waals surface area contributed by atoms with E-state index in [1.54, 1.807) is 36.4 Å². The van der Waals surface area contributed by atoms with Gasteiger partial charge in [0.05, 0.1) is 11.6 Å². The zero-order valence-corrected chi connectivity index (χ0v) is 15.1. The average Bonchev–Trinajstić information content (AvgIpc) is 2.77. The molecule has 0 aliphatic heterocycles. The largest absolute Gasteiger partial charge is 0.460 e. The second kappa shape index (κ2) is 9.15. The zero-order valence-electron chi connectivity index (χ0n) is 15.1. The van der Waals surface area contributed by atoms with E-state index in [2.05, 4.69) is 5.32 Å². The maximum Gasteiger partial charge on any atom is 0.325 e. The Morgan fingerprint density at radius 3 is 2.14 bits per heavy atom. The van der Waals surface area contributed by atoms with Crippen molar-refractivity contribution in [3.63, 3.8) is 0 Å². The summed E-state index contributed by atoms with van der Waals surface area (Å²) < 4.78 is 5.13. The van der Waals surface area contributed by atoms with Crippen LogP contribution in [0.5, 0.6) is 0 Å². The topological polar surface area (TPSA) is 79.2 Å². The molecule has 1 N–H and O–H groups in total. The van der Waals surface area contributed by atoms with Gasteiger partial charge in [-0.15, -0.1) is 0 Å². The first-order chi connectivity index (χ1) is 13.7. The maximum atomic E-state index is 12.2. The highest BCUT2D eigenvalue weighted by atomic mass is 16.5. The number of esters is 1. The van der Waals surface area contributed by atoms with E-state index < -0.39 is 5.97 Å².